The molecule has 0 amide bonds. The molecule has 2 fully saturated rings. The summed E-state index contributed by atoms with van der Waals surface area (Å²) in [5.41, 5.74) is 7.39. The molecule has 1 aliphatic carbocycles. The number of nitrogens with zero attached hydrogens (tertiary/aromatic N) is 2. The number of rotatable bonds is 3. The molecular formula is C17H23N3OS. The summed E-state index contributed by atoms with van der Waals surface area (Å²) >= 11 is 1.67. The Kier molecular flexibility index (Phi) is 3.80. The number of likely N-dealkylation sites (tertiary alicyclic amines) is 1. The first kappa shape index (κ1) is 14.4. The summed E-state index contributed by atoms with van der Waals surface area (Å²) in [5.74, 6) is 3.17. The third-order valence-electron chi connectivity index (χ3n) is 5.23. The predicted octanol–water partition coefficient (Wildman–Crippen LogP) is 3.27. The molecule has 3 heterocycles. The third kappa shape index (κ3) is 2.62. The lowest BCUT2D eigenvalue weighted by molar-refractivity contribution is 0.259. The highest BCUT2D eigenvalue weighted by Crippen LogP contribution is 2.36. The third-order valence-corrected chi connectivity index (χ3v) is 6.09. The lowest BCUT2D eigenvalue weighted by Gasteiger charge is -2.29. The maximum absolute atomic E-state index is 6.31. The number of fused-ring (bicyclic) bond motifs is 1. The zero-order valence-electron chi connectivity index (χ0n) is 13.0. The van der Waals surface area contributed by atoms with Gasteiger partial charge in [-0.15, -0.1) is 11.3 Å². The quantitative estimate of drug-likeness (QED) is 0.944. The predicted molar refractivity (Wildman–Crippen MR) is 88.6 cm³/mol. The van der Waals surface area contributed by atoms with Crippen LogP contribution in [0.1, 0.15) is 30.7 Å². The Labute approximate surface area is 135 Å². The van der Waals surface area contributed by atoms with E-state index in [0.29, 0.717) is 12.0 Å². The van der Waals surface area contributed by atoms with Gasteiger partial charge in [0.1, 0.15) is 5.76 Å². The summed E-state index contributed by atoms with van der Waals surface area (Å²) in [7, 11) is 0. The van der Waals surface area contributed by atoms with Crippen molar-refractivity contribution in [2.45, 2.75) is 38.8 Å². The summed E-state index contributed by atoms with van der Waals surface area (Å²) in [5, 5.41) is 2.06. The van der Waals surface area contributed by atoms with Crippen LogP contribution in [0.15, 0.2) is 21.9 Å². The highest BCUT2D eigenvalue weighted by atomic mass is 32.1. The molecule has 5 heteroatoms. The number of nitrogens with two attached hydrogens (primary N) is 1. The fourth-order valence-electron chi connectivity index (χ4n) is 4.03. The van der Waals surface area contributed by atoms with Gasteiger partial charge in [0.25, 0.3) is 0 Å². The van der Waals surface area contributed by atoms with Crippen LogP contribution >= 0.6 is 11.3 Å². The fraction of sp³-hybridized carbons (Fsp3) is 0.588. The number of aromatic nitrogens is 1. The zero-order chi connectivity index (χ0) is 15.1. The van der Waals surface area contributed by atoms with Gasteiger partial charge in [-0.3, -0.25) is 4.90 Å². The van der Waals surface area contributed by atoms with Crippen molar-refractivity contribution in [3.05, 3.63) is 29.0 Å². The second-order valence-electron chi connectivity index (χ2n) is 6.71. The first-order valence-corrected chi connectivity index (χ1v) is 9.07. The summed E-state index contributed by atoms with van der Waals surface area (Å²) in [6.45, 7) is 5.19. The van der Waals surface area contributed by atoms with Crippen molar-refractivity contribution >= 4 is 11.3 Å². The standard InChI is InChI=1S/C17H23N3OS/c1-11-15(19-17(21-11)16-6-3-7-22-16)10-20-8-12-4-2-5-14(18)13(12)9-20/h3,6-7,12-14H,2,4-5,8-10,18H2,1H3. The van der Waals surface area contributed by atoms with Crippen LogP contribution in [-0.2, 0) is 6.54 Å². The molecule has 3 unspecified atom stereocenters. The van der Waals surface area contributed by atoms with E-state index in [2.05, 4.69) is 16.3 Å². The highest BCUT2D eigenvalue weighted by Gasteiger charge is 2.38. The minimum absolute atomic E-state index is 0.392. The van der Waals surface area contributed by atoms with Gasteiger partial charge in [0, 0.05) is 25.7 Å². The van der Waals surface area contributed by atoms with Crippen molar-refractivity contribution in [1.82, 2.24) is 9.88 Å². The van der Waals surface area contributed by atoms with Gasteiger partial charge in [0.2, 0.25) is 5.89 Å². The molecule has 1 aliphatic heterocycles. The van der Waals surface area contributed by atoms with Gasteiger partial charge in [-0.05, 0) is 43.0 Å². The Morgan fingerprint density at radius 3 is 3.09 bits per heavy atom. The summed E-state index contributed by atoms with van der Waals surface area (Å²) in [4.78, 5) is 8.34. The molecule has 2 N–H and O–H groups in total. The number of hydrogen-bond donors (Lipinski definition) is 1. The Morgan fingerprint density at radius 1 is 1.41 bits per heavy atom. The van der Waals surface area contributed by atoms with Crippen molar-refractivity contribution in [1.29, 1.82) is 0 Å². The van der Waals surface area contributed by atoms with Gasteiger partial charge < -0.3 is 10.2 Å². The molecule has 3 atom stereocenters. The molecule has 0 radical (unpaired) electrons. The van der Waals surface area contributed by atoms with E-state index in [4.69, 9.17) is 15.1 Å². The van der Waals surface area contributed by atoms with Crippen LogP contribution in [-0.4, -0.2) is 29.0 Å². The van der Waals surface area contributed by atoms with Crippen molar-refractivity contribution in [3.8, 4) is 10.8 Å². The first-order valence-electron chi connectivity index (χ1n) is 8.19. The molecule has 2 aliphatic rings. The lowest BCUT2D eigenvalue weighted by Crippen LogP contribution is -2.38. The molecule has 4 rings (SSSR count). The van der Waals surface area contributed by atoms with Crippen LogP contribution < -0.4 is 5.73 Å². The van der Waals surface area contributed by atoms with Crippen LogP contribution in [0, 0.1) is 18.8 Å². The fourth-order valence-corrected chi connectivity index (χ4v) is 4.68. The Morgan fingerprint density at radius 2 is 2.32 bits per heavy atom. The van der Waals surface area contributed by atoms with Crippen LogP contribution in [0.3, 0.4) is 0 Å². The summed E-state index contributed by atoms with van der Waals surface area (Å²) < 4.78 is 5.86. The molecule has 22 heavy (non-hydrogen) atoms. The number of aryl methyl sites for hydroxylation is 1. The van der Waals surface area contributed by atoms with E-state index in [9.17, 15) is 0 Å². The van der Waals surface area contributed by atoms with E-state index in [0.717, 1.165) is 41.2 Å². The average molecular weight is 317 g/mol. The second kappa shape index (κ2) is 5.80. The minimum Gasteiger partial charge on any atom is -0.440 e. The smallest absolute Gasteiger partial charge is 0.236 e. The Balaban J connectivity index is 1.48. The minimum atomic E-state index is 0.392. The topological polar surface area (TPSA) is 55.3 Å². The van der Waals surface area contributed by atoms with E-state index in [1.54, 1.807) is 11.3 Å². The molecule has 1 saturated heterocycles. The van der Waals surface area contributed by atoms with Crippen molar-refractivity contribution in [3.63, 3.8) is 0 Å². The van der Waals surface area contributed by atoms with Gasteiger partial charge in [-0.2, -0.15) is 0 Å². The number of hydrogen-bond acceptors (Lipinski definition) is 5. The van der Waals surface area contributed by atoms with Crippen LogP contribution in [0.4, 0.5) is 0 Å². The van der Waals surface area contributed by atoms with Crippen molar-refractivity contribution in [2.75, 3.05) is 13.1 Å². The monoisotopic (exact) mass is 317 g/mol. The SMILES string of the molecule is Cc1oc(-c2cccs2)nc1CN1CC2CCCC(N)C2C1. The van der Waals surface area contributed by atoms with Crippen LogP contribution in [0.5, 0.6) is 0 Å². The molecule has 0 aromatic carbocycles. The average Bonchev–Trinajstić information content (AvgIpc) is 3.20. The zero-order valence-corrected chi connectivity index (χ0v) is 13.8. The molecule has 118 valence electrons. The van der Waals surface area contributed by atoms with Gasteiger partial charge in [0.05, 0.1) is 10.6 Å². The van der Waals surface area contributed by atoms with E-state index in [1.807, 2.05) is 13.0 Å². The molecule has 4 nitrogen and oxygen atoms in total. The number of oxazole rings is 1. The molecule has 0 bridgehead atoms. The molecule has 1 saturated carbocycles. The van der Waals surface area contributed by atoms with E-state index in [-0.39, 0.29) is 0 Å². The van der Waals surface area contributed by atoms with Gasteiger partial charge in [-0.1, -0.05) is 12.5 Å². The number of thiophene rings is 1. The van der Waals surface area contributed by atoms with Gasteiger partial charge in [0.15, 0.2) is 0 Å². The largest absolute Gasteiger partial charge is 0.440 e. The van der Waals surface area contributed by atoms with Gasteiger partial charge >= 0.3 is 0 Å². The van der Waals surface area contributed by atoms with Crippen LogP contribution in [0.2, 0.25) is 0 Å². The molecule has 2 aromatic heterocycles. The van der Waals surface area contributed by atoms with E-state index >= 15 is 0 Å². The van der Waals surface area contributed by atoms with Gasteiger partial charge in [-0.25, -0.2) is 4.98 Å². The Bertz CT molecular complexity index is 636. The molecule has 0 spiro atoms. The lowest BCUT2D eigenvalue weighted by atomic mass is 9.78. The molecule has 2 aromatic rings. The maximum Gasteiger partial charge on any atom is 0.236 e. The highest BCUT2D eigenvalue weighted by molar-refractivity contribution is 7.13. The second-order valence-corrected chi connectivity index (χ2v) is 7.66. The summed E-state index contributed by atoms with van der Waals surface area (Å²) in [6, 6.07) is 4.48. The summed E-state index contributed by atoms with van der Waals surface area (Å²) in [6.07, 6.45) is 3.83. The van der Waals surface area contributed by atoms with E-state index in [1.165, 1.54) is 25.8 Å². The normalized spacial score (nSPS) is 28.9. The first-order chi connectivity index (χ1) is 10.7. The molecular weight excluding hydrogens is 294 g/mol. The van der Waals surface area contributed by atoms with Crippen molar-refractivity contribution < 1.29 is 4.42 Å². The van der Waals surface area contributed by atoms with E-state index < -0.39 is 0 Å². The van der Waals surface area contributed by atoms with Crippen LogP contribution in [0.25, 0.3) is 10.8 Å². The van der Waals surface area contributed by atoms with Crippen molar-refractivity contribution in [2.24, 2.45) is 17.6 Å². The maximum atomic E-state index is 6.31. The Hall–Kier alpha value is -1.17.